The van der Waals surface area contributed by atoms with Crippen molar-refractivity contribution >= 4 is 11.7 Å². The third-order valence-electron chi connectivity index (χ3n) is 3.39. The van der Waals surface area contributed by atoms with Crippen LogP contribution in [-0.2, 0) is 4.74 Å². The van der Waals surface area contributed by atoms with Gasteiger partial charge in [0, 0.05) is 12.2 Å². The van der Waals surface area contributed by atoms with Gasteiger partial charge < -0.3 is 19.7 Å². The SMILES string of the molecule is C#CCOc1ccc(NC(=O)N2CCOC[C@@H]2CC)cc1. The van der Waals surface area contributed by atoms with Crippen LogP contribution in [0.5, 0.6) is 5.75 Å². The fourth-order valence-corrected chi connectivity index (χ4v) is 2.22. The number of nitrogens with zero attached hydrogens (tertiary/aromatic N) is 1. The van der Waals surface area contributed by atoms with Gasteiger partial charge in [-0.3, -0.25) is 0 Å². The number of urea groups is 1. The number of carbonyl (C=O) groups excluding carboxylic acids is 1. The standard InChI is InChI=1S/C16H20N2O3/c1-3-10-21-15-7-5-13(6-8-15)17-16(19)18-9-11-20-12-14(18)4-2/h1,5-8,14H,4,9-12H2,2H3,(H,17,19)/t14-/m0/s1. The number of amides is 2. The van der Waals surface area contributed by atoms with E-state index in [1.165, 1.54) is 0 Å². The average Bonchev–Trinajstić information content (AvgIpc) is 2.54. The van der Waals surface area contributed by atoms with E-state index in [0.29, 0.717) is 25.5 Å². The summed E-state index contributed by atoms with van der Waals surface area (Å²) in [7, 11) is 0. The first kappa shape index (κ1) is 15.2. The third kappa shape index (κ3) is 4.14. The maximum Gasteiger partial charge on any atom is 0.322 e. The van der Waals surface area contributed by atoms with E-state index in [2.05, 4.69) is 18.2 Å². The molecule has 5 heteroatoms. The van der Waals surface area contributed by atoms with Crippen LogP contribution in [0.1, 0.15) is 13.3 Å². The molecule has 0 radical (unpaired) electrons. The van der Waals surface area contributed by atoms with Crippen molar-refractivity contribution in [1.29, 1.82) is 0 Å². The fourth-order valence-electron chi connectivity index (χ4n) is 2.22. The van der Waals surface area contributed by atoms with E-state index in [1.807, 2.05) is 4.90 Å². The zero-order valence-electron chi connectivity index (χ0n) is 12.2. The summed E-state index contributed by atoms with van der Waals surface area (Å²) < 4.78 is 10.7. The number of carbonyl (C=O) groups is 1. The van der Waals surface area contributed by atoms with Crippen LogP contribution in [0, 0.1) is 12.3 Å². The van der Waals surface area contributed by atoms with Crippen molar-refractivity contribution in [2.45, 2.75) is 19.4 Å². The maximum absolute atomic E-state index is 12.3. The molecule has 1 saturated heterocycles. The molecule has 21 heavy (non-hydrogen) atoms. The molecule has 1 N–H and O–H groups in total. The molecule has 5 nitrogen and oxygen atoms in total. The molecule has 1 heterocycles. The second-order valence-electron chi connectivity index (χ2n) is 4.78. The molecule has 1 atom stereocenters. The Morgan fingerprint density at radius 3 is 2.95 bits per heavy atom. The molecule has 1 aliphatic rings. The second kappa shape index (κ2) is 7.55. The smallest absolute Gasteiger partial charge is 0.322 e. The van der Waals surface area contributed by atoms with Crippen LogP contribution in [0.25, 0.3) is 0 Å². The summed E-state index contributed by atoms with van der Waals surface area (Å²) in [5, 5.41) is 2.89. The van der Waals surface area contributed by atoms with Gasteiger partial charge in [0.05, 0.1) is 19.3 Å². The highest BCUT2D eigenvalue weighted by atomic mass is 16.5. The van der Waals surface area contributed by atoms with Crippen LogP contribution in [0.15, 0.2) is 24.3 Å². The molecular weight excluding hydrogens is 268 g/mol. The van der Waals surface area contributed by atoms with Crippen LogP contribution in [-0.4, -0.2) is 43.3 Å². The molecule has 2 rings (SSSR count). The predicted molar refractivity (Wildman–Crippen MR) is 81.4 cm³/mol. The van der Waals surface area contributed by atoms with Gasteiger partial charge in [-0.25, -0.2) is 4.79 Å². The highest BCUT2D eigenvalue weighted by Gasteiger charge is 2.25. The van der Waals surface area contributed by atoms with E-state index >= 15 is 0 Å². The predicted octanol–water partition coefficient (Wildman–Crippen LogP) is 2.34. The summed E-state index contributed by atoms with van der Waals surface area (Å²) in [4.78, 5) is 14.1. The van der Waals surface area contributed by atoms with Gasteiger partial charge >= 0.3 is 6.03 Å². The van der Waals surface area contributed by atoms with Gasteiger partial charge in [0.2, 0.25) is 0 Å². The van der Waals surface area contributed by atoms with Crippen molar-refractivity contribution in [3.63, 3.8) is 0 Å². The van der Waals surface area contributed by atoms with Gasteiger partial charge in [0.15, 0.2) is 0 Å². The molecule has 0 unspecified atom stereocenters. The Balaban J connectivity index is 1.94. The first-order valence-corrected chi connectivity index (χ1v) is 7.06. The highest BCUT2D eigenvalue weighted by Crippen LogP contribution is 2.17. The van der Waals surface area contributed by atoms with Crippen molar-refractivity contribution in [1.82, 2.24) is 4.90 Å². The number of nitrogens with one attached hydrogen (secondary N) is 1. The highest BCUT2D eigenvalue weighted by molar-refractivity contribution is 5.89. The summed E-state index contributed by atoms with van der Waals surface area (Å²) in [6, 6.07) is 7.20. The number of ether oxygens (including phenoxy) is 2. The Hall–Kier alpha value is -2.19. The lowest BCUT2D eigenvalue weighted by Crippen LogP contribution is -2.50. The van der Waals surface area contributed by atoms with Crippen LogP contribution in [0.2, 0.25) is 0 Å². The Kier molecular flexibility index (Phi) is 5.47. The Labute approximate surface area is 125 Å². The maximum atomic E-state index is 12.3. The largest absolute Gasteiger partial charge is 0.481 e. The van der Waals surface area contributed by atoms with Gasteiger partial charge in [-0.15, -0.1) is 6.42 Å². The summed E-state index contributed by atoms with van der Waals surface area (Å²) in [5.74, 6) is 3.09. The topological polar surface area (TPSA) is 50.8 Å². The minimum Gasteiger partial charge on any atom is -0.481 e. The quantitative estimate of drug-likeness (QED) is 0.865. The minimum absolute atomic E-state index is 0.0950. The van der Waals surface area contributed by atoms with Crippen LogP contribution >= 0.6 is 0 Å². The van der Waals surface area contributed by atoms with Crippen LogP contribution < -0.4 is 10.1 Å². The summed E-state index contributed by atoms with van der Waals surface area (Å²) in [6.07, 6.45) is 6.01. The van der Waals surface area contributed by atoms with Crippen molar-refractivity contribution in [3.05, 3.63) is 24.3 Å². The number of morpholine rings is 1. The van der Waals surface area contributed by atoms with Gasteiger partial charge in [0.25, 0.3) is 0 Å². The number of hydrogen-bond donors (Lipinski definition) is 1. The number of anilines is 1. The van der Waals surface area contributed by atoms with Crippen LogP contribution in [0.3, 0.4) is 0 Å². The Morgan fingerprint density at radius 2 is 2.29 bits per heavy atom. The third-order valence-corrected chi connectivity index (χ3v) is 3.39. The van der Waals surface area contributed by atoms with Gasteiger partial charge in [-0.1, -0.05) is 12.8 Å². The normalized spacial score (nSPS) is 17.9. The molecule has 0 aliphatic carbocycles. The second-order valence-corrected chi connectivity index (χ2v) is 4.78. The van der Waals surface area contributed by atoms with E-state index in [1.54, 1.807) is 24.3 Å². The number of rotatable bonds is 4. The molecule has 112 valence electrons. The van der Waals surface area contributed by atoms with Gasteiger partial charge in [-0.2, -0.15) is 0 Å². The van der Waals surface area contributed by atoms with Crippen molar-refractivity contribution < 1.29 is 14.3 Å². The molecule has 1 fully saturated rings. The molecule has 2 amide bonds. The number of benzene rings is 1. The van der Waals surface area contributed by atoms with Crippen molar-refractivity contribution in [2.24, 2.45) is 0 Å². The minimum atomic E-state index is -0.0950. The number of hydrogen-bond acceptors (Lipinski definition) is 3. The monoisotopic (exact) mass is 288 g/mol. The van der Waals surface area contributed by atoms with Gasteiger partial charge in [0.1, 0.15) is 12.4 Å². The molecule has 0 spiro atoms. The first-order valence-electron chi connectivity index (χ1n) is 7.06. The lowest BCUT2D eigenvalue weighted by atomic mass is 10.2. The first-order chi connectivity index (χ1) is 10.2. The molecule has 1 aromatic rings. The van der Waals surface area contributed by atoms with E-state index < -0.39 is 0 Å². The lowest BCUT2D eigenvalue weighted by molar-refractivity contribution is 0.0144. The zero-order valence-corrected chi connectivity index (χ0v) is 12.2. The molecule has 0 aromatic heterocycles. The molecule has 1 aliphatic heterocycles. The fraction of sp³-hybridized carbons (Fsp3) is 0.438. The average molecular weight is 288 g/mol. The van der Waals surface area contributed by atoms with Gasteiger partial charge in [-0.05, 0) is 30.7 Å². The molecule has 0 bridgehead atoms. The summed E-state index contributed by atoms with van der Waals surface area (Å²) >= 11 is 0. The molecule has 1 aromatic carbocycles. The Morgan fingerprint density at radius 1 is 1.52 bits per heavy atom. The van der Waals surface area contributed by atoms with Crippen LogP contribution in [0.4, 0.5) is 10.5 Å². The van der Waals surface area contributed by atoms with E-state index in [9.17, 15) is 4.79 Å². The van der Waals surface area contributed by atoms with Crippen molar-refractivity contribution in [2.75, 3.05) is 31.7 Å². The summed E-state index contributed by atoms with van der Waals surface area (Å²) in [6.45, 7) is 4.09. The number of terminal acetylenes is 1. The molecular formula is C16H20N2O3. The molecule has 0 saturated carbocycles. The van der Waals surface area contributed by atoms with E-state index in [0.717, 1.165) is 12.1 Å². The van der Waals surface area contributed by atoms with Crippen molar-refractivity contribution in [3.8, 4) is 18.1 Å². The lowest BCUT2D eigenvalue weighted by Gasteiger charge is -2.35. The van der Waals surface area contributed by atoms with E-state index in [-0.39, 0.29) is 18.7 Å². The zero-order chi connectivity index (χ0) is 15.1. The Bertz CT molecular complexity index is 507. The summed E-state index contributed by atoms with van der Waals surface area (Å²) in [5.41, 5.74) is 0.731. The van der Waals surface area contributed by atoms with E-state index in [4.69, 9.17) is 15.9 Å².